The Morgan fingerprint density at radius 2 is 1.48 bits per heavy atom. The number of carbonyl (C=O) groups is 1. The monoisotopic (exact) mass is 1090 g/mol. The molecule has 0 saturated heterocycles. The highest BCUT2D eigenvalue weighted by molar-refractivity contribution is 7.86. The van der Waals surface area contributed by atoms with Crippen molar-refractivity contribution in [3.63, 3.8) is 0 Å². The smallest absolute Gasteiger partial charge is 0.294 e. The van der Waals surface area contributed by atoms with Crippen molar-refractivity contribution in [1.82, 2.24) is 25.6 Å². The second-order valence-electron chi connectivity index (χ2n) is 18.6. The largest absolute Gasteiger partial charge is 0.356 e. The van der Waals surface area contributed by atoms with Gasteiger partial charge in [0.1, 0.15) is 6.54 Å². The van der Waals surface area contributed by atoms with Crippen LogP contribution in [0.25, 0.3) is 10.4 Å². The quantitative estimate of drug-likeness (QED) is 0.00871. The van der Waals surface area contributed by atoms with Crippen LogP contribution in [0.3, 0.4) is 0 Å². The number of amides is 1. The Kier molecular flexibility index (Phi) is 20.3. The van der Waals surface area contributed by atoms with E-state index in [9.17, 15) is 56.7 Å². The molecule has 1 aromatic heterocycles. The third-order valence-electron chi connectivity index (χ3n) is 12.8. The maximum atomic E-state index is 12.7. The van der Waals surface area contributed by atoms with Crippen LogP contribution in [-0.2, 0) is 69.2 Å². The lowest BCUT2D eigenvalue weighted by atomic mass is 9.77. The molecule has 1 unspecified atom stereocenters. The van der Waals surface area contributed by atoms with Gasteiger partial charge in [-0.25, -0.2) is 0 Å². The fourth-order valence-corrected chi connectivity index (χ4v) is 11.2. The van der Waals surface area contributed by atoms with Gasteiger partial charge in [0.2, 0.25) is 11.6 Å². The molecule has 6 N–H and O–H groups in total. The molecule has 2 aliphatic heterocycles. The average Bonchev–Trinajstić information content (AvgIpc) is 3.91. The zero-order valence-corrected chi connectivity index (χ0v) is 44.3. The Morgan fingerprint density at radius 3 is 2.16 bits per heavy atom. The van der Waals surface area contributed by atoms with E-state index in [0.717, 1.165) is 17.1 Å². The summed E-state index contributed by atoms with van der Waals surface area (Å²) in [5, 5.41) is 18.0. The minimum atomic E-state index is -4.66. The van der Waals surface area contributed by atoms with Gasteiger partial charge in [0.05, 0.1) is 32.4 Å². The molecule has 0 bridgehead atoms. The van der Waals surface area contributed by atoms with Gasteiger partial charge in [-0.2, -0.15) is 38.2 Å². The molecule has 1 amide bonds. The normalized spacial score (nSPS) is 17.5. The zero-order chi connectivity index (χ0) is 53.7. The average molecular weight is 1090 g/mol. The number of hydrogen-bond acceptors (Lipinski definition) is 14. The number of nitrogens with one attached hydrogen (secondary N) is 2. The number of rotatable bonds is 30. The van der Waals surface area contributed by atoms with Gasteiger partial charge < -0.3 is 15.5 Å². The van der Waals surface area contributed by atoms with E-state index in [1.165, 1.54) is 30.3 Å². The maximum absolute atomic E-state index is 12.7. The molecule has 400 valence electrons. The summed E-state index contributed by atoms with van der Waals surface area (Å²) >= 11 is 0. The van der Waals surface area contributed by atoms with E-state index in [1.54, 1.807) is 40.0 Å². The van der Waals surface area contributed by atoms with Crippen molar-refractivity contribution in [3.05, 3.63) is 106 Å². The summed E-state index contributed by atoms with van der Waals surface area (Å²) in [7, 11) is -17.8. The van der Waals surface area contributed by atoms with Gasteiger partial charge in [0, 0.05) is 91.2 Å². The standard InChI is InChI=1S/C46H64N10O13S4/c1-45(2)38-31-36(72(64,65)66)18-20-40(38)55(27-10-5-8-17-44(57)49-24-13-26-54-34-35(51-53-54)33-48-23-12-25-50-52-47)42(45)15-6-4-7-16-43-46(3,22-9-11-29-70(58,59)60)39-32-37(73(67,68)69)19-21-41(39)56(43)28-14-30-71(61,62)63/h4,6-7,15-16,18-21,31-32,34,48H,5,8-14,17,22-30,33H2,1-3H3,(H4-,49,57,58,59,60,61,62,63,64,65,66,67,68,69)/p+1. The van der Waals surface area contributed by atoms with E-state index in [0.29, 0.717) is 100 Å². The van der Waals surface area contributed by atoms with Crippen molar-refractivity contribution >= 4 is 63.5 Å². The number of nitrogens with zero attached hydrogens (tertiary/aromatic N) is 8. The molecule has 2 aliphatic rings. The fraction of sp³-hybridized carbons (Fsp3) is 0.522. The van der Waals surface area contributed by atoms with Gasteiger partial charge in [0.15, 0.2) is 5.71 Å². The first-order chi connectivity index (χ1) is 34.2. The summed E-state index contributed by atoms with van der Waals surface area (Å²) in [6.45, 7) is 8.93. The lowest BCUT2D eigenvalue weighted by Crippen LogP contribution is -2.30. The molecule has 0 saturated carbocycles. The highest BCUT2D eigenvalue weighted by Gasteiger charge is 2.45. The number of azide groups is 1. The van der Waals surface area contributed by atoms with Crippen molar-refractivity contribution in [3.8, 4) is 0 Å². The minimum Gasteiger partial charge on any atom is -0.356 e. The second kappa shape index (κ2) is 25.3. The van der Waals surface area contributed by atoms with Crippen LogP contribution in [0.15, 0.2) is 93.6 Å². The fourth-order valence-electron chi connectivity index (χ4n) is 9.13. The molecule has 0 spiro atoms. The van der Waals surface area contributed by atoms with Crippen LogP contribution in [0, 0.1) is 0 Å². The predicted molar refractivity (Wildman–Crippen MR) is 274 cm³/mol. The first kappa shape index (κ1) is 58.5. The topological polar surface area (TPSA) is 344 Å². The van der Waals surface area contributed by atoms with Crippen LogP contribution in [0.5, 0.6) is 0 Å². The molecule has 0 aliphatic carbocycles. The van der Waals surface area contributed by atoms with Crippen LogP contribution in [0.4, 0.5) is 11.4 Å². The number of anilines is 1. The number of fused-ring (bicyclic) bond motifs is 2. The van der Waals surface area contributed by atoms with E-state index >= 15 is 0 Å². The van der Waals surface area contributed by atoms with E-state index < -0.39 is 62.8 Å². The maximum Gasteiger partial charge on any atom is 0.294 e. The van der Waals surface area contributed by atoms with Gasteiger partial charge in [-0.05, 0) is 120 Å². The second-order valence-corrected chi connectivity index (χ2v) is 24.6. The molecular weight excluding hydrogens is 1030 g/mol. The SMILES string of the molecule is CC1(C)C(/C=C/C=C/C=C2/N(CCCS(=O)(=O)O)c3ccc(S(=O)(=O)O)cc3C2(C)CCCCS(=O)(=O)O)=[N+](CCCCCC(=O)NCCCn2cc(CNCCCN=[N+]=[N-])nn2)c2ccc(S(=O)(=O)O)cc21. The lowest BCUT2D eigenvalue weighted by molar-refractivity contribution is -0.438. The van der Waals surface area contributed by atoms with Gasteiger partial charge in [-0.1, -0.05) is 35.0 Å². The van der Waals surface area contributed by atoms with E-state index in [2.05, 4.69) is 35.5 Å². The molecule has 0 fully saturated rings. The van der Waals surface area contributed by atoms with Gasteiger partial charge in [-0.15, -0.1) is 5.10 Å². The Hall–Kier alpha value is -5.35. The zero-order valence-electron chi connectivity index (χ0n) is 41.0. The summed E-state index contributed by atoms with van der Waals surface area (Å²) in [6, 6.07) is 8.48. The Balaban J connectivity index is 1.30. The van der Waals surface area contributed by atoms with Crippen LogP contribution < -0.4 is 15.5 Å². The van der Waals surface area contributed by atoms with Crippen molar-refractivity contribution in [2.24, 2.45) is 5.11 Å². The number of benzene rings is 2. The summed E-state index contributed by atoms with van der Waals surface area (Å²) in [5.74, 6) is -1.15. The molecule has 73 heavy (non-hydrogen) atoms. The summed E-state index contributed by atoms with van der Waals surface area (Å²) in [6.07, 6.45) is 15.0. The van der Waals surface area contributed by atoms with Gasteiger partial charge in [0.25, 0.3) is 40.5 Å². The molecule has 5 rings (SSSR count). The van der Waals surface area contributed by atoms with Crippen molar-refractivity contribution < 1.29 is 61.3 Å². The molecule has 27 heteroatoms. The van der Waals surface area contributed by atoms with Crippen LogP contribution in [0.1, 0.15) is 102 Å². The third-order valence-corrected chi connectivity index (χ3v) is 16.1. The van der Waals surface area contributed by atoms with Crippen LogP contribution in [-0.4, -0.2) is 127 Å². The number of aromatic nitrogens is 3. The summed E-state index contributed by atoms with van der Waals surface area (Å²) < 4.78 is 138. The van der Waals surface area contributed by atoms with Gasteiger partial charge >= 0.3 is 0 Å². The summed E-state index contributed by atoms with van der Waals surface area (Å²) in [5.41, 5.74) is 11.2. The molecule has 23 nitrogen and oxygen atoms in total. The first-order valence-electron chi connectivity index (χ1n) is 23.7. The lowest BCUT2D eigenvalue weighted by Gasteiger charge is -2.30. The Morgan fingerprint density at radius 1 is 0.795 bits per heavy atom. The third kappa shape index (κ3) is 16.8. The number of hydrogen-bond donors (Lipinski definition) is 6. The van der Waals surface area contributed by atoms with Crippen LogP contribution in [0.2, 0.25) is 0 Å². The Bertz CT molecular complexity index is 3110. The first-order valence-corrected chi connectivity index (χ1v) is 29.8. The number of allylic oxidation sites excluding steroid dienone is 6. The highest BCUT2D eigenvalue weighted by Crippen LogP contribution is 2.51. The molecular formula is C46H65N10O13S4+. The van der Waals surface area contributed by atoms with Crippen molar-refractivity contribution in [2.45, 2.75) is 119 Å². The molecule has 2 aromatic carbocycles. The van der Waals surface area contributed by atoms with E-state index in [-0.39, 0.29) is 47.9 Å². The van der Waals surface area contributed by atoms with Crippen LogP contribution >= 0.6 is 0 Å². The van der Waals surface area contributed by atoms with Gasteiger partial charge in [-0.3, -0.25) is 27.7 Å². The molecule has 1 atom stereocenters. The number of aryl methyl sites for hydroxylation is 1. The Labute approximate surface area is 427 Å². The van der Waals surface area contributed by atoms with E-state index in [4.69, 9.17) is 5.53 Å². The minimum absolute atomic E-state index is 0.0224. The van der Waals surface area contributed by atoms with Crippen molar-refractivity contribution in [1.29, 1.82) is 0 Å². The highest BCUT2D eigenvalue weighted by atomic mass is 32.2. The predicted octanol–water partition coefficient (Wildman–Crippen LogP) is 5.81. The summed E-state index contributed by atoms with van der Waals surface area (Å²) in [4.78, 5) is 16.6. The van der Waals surface area contributed by atoms with E-state index in [1.807, 2.05) is 33.0 Å². The molecule has 3 aromatic rings. The molecule has 3 heterocycles. The van der Waals surface area contributed by atoms with Crippen molar-refractivity contribution in [2.75, 3.05) is 49.1 Å². The number of unbranched alkanes of at least 4 members (excludes halogenated alkanes) is 3. The number of carbonyl (C=O) groups excluding carboxylic acids is 1. The molecule has 0 radical (unpaired) electrons.